The van der Waals surface area contributed by atoms with E-state index in [2.05, 4.69) is 14.9 Å². The number of hydrogen-bond donors (Lipinski definition) is 2. The number of aromatic nitrogens is 2. The van der Waals surface area contributed by atoms with Gasteiger partial charge in [0.15, 0.2) is 0 Å². The number of pyridine rings is 1. The summed E-state index contributed by atoms with van der Waals surface area (Å²) in [6.07, 6.45) is 8.58. The number of aryl methyl sites for hydroxylation is 1. The number of carbonyl (C=O) groups is 1. The van der Waals surface area contributed by atoms with Crippen molar-refractivity contribution in [2.45, 2.75) is 76.2 Å². The second kappa shape index (κ2) is 8.79. The van der Waals surface area contributed by atoms with Crippen LogP contribution in [0, 0.1) is 12.7 Å². The number of nitrogens with zero attached hydrogens (tertiary/aromatic N) is 2. The first-order valence-electron chi connectivity index (χ1n) is 12.5. The number of halogens is 1. The number of aromatic carboxylic acids is 1. The number of anilines is 1. The Bertz CT molecular complexity index is 1250. The average Bonchev–Trinajstić information content (AvgIpc) is 3.53. The number of fused-ring (bicyclic) bond motifs is 2. The molecule has 6 nitrogen and oxygen atoms in total. The van der Waals surface area contributed by atoms with Crippen LogP contribution in [0.5, 0.6) is 0 Å². The Labute approximate surface area is 204 Å². The highest BCUT2D eigenvalue weighted by molar-refractivity contribution is 5.89. The van der Waals surface area contributed by atoms with E-state index in [1.807, 2.05) is 18.3 Å². The highest BCUT2D eigenvalue weighted by atomic mass is 19.1. The van der Waals surface area contributed by atoms with Gasteiger partial charge in [0.1, 0.15) is 11.6 Å². The van der Waals surface area contributed by atoms with E-state index in [1.54, 1.807) is 25.1 Å². The molecule has 1 aliphatic carbocycles. The van der Waals surface area contributed by atoms with Gasteiger partial charge in [0, 0.05) is 35.1 Å². The number of hydrogen-bond acceptors (Lipinski definition) is 4. The molecule has 3 aromatic rings. The smallest absolute Gasteiger partial charge is 0.337 e. The fourth-order valence-electron chi connectivity index (χ4n) is 6.03. The van der Waals surface area contributed by atoms with Crippen LogP contribution < -0.4 is 4.90 Å². The standard InChI is InChI=1S/C28H30FN3O3/c1-16-23(28(33)34)9-10-26(31-16)32-20-7-8-21(32)13-22(12-20)35-15-25-24(14-30-27(25)17-5-6-17)18-3-2-4-19(29)11-18/h2-4,9-11,14,17,20-22,30H,5-8,12-13,15H2,1H3,(H,33,34). The van der Waals surface area contributed by atoms with Crippen LogP contribution in [0.1, 0.15) is 71.8 Å². The summed E-state index contributed by atoms with van der Waals surface area (Å²) in [6.45, 7) is 2.28. The number of piperidine rings is 1. The zero-order valence-electron chi connectivity index (χ0n) is 19.8. The number of benzene rings is 1. The van der Waals surface area contributed by atoms with E-state index in [0.29, 0.717) is 30.3 Å². The Morgan fingerprint density at radius 1 is 1.17 bits per heavy atom. The molecule has 0 radical (unpaired) electrons. The Kier molecular flexibility index (Phi) is 5.60. The lowest BCUT2D eigenvalue weighted by Crippen LogP contribution is -2.46. The molecule has 2 bridgehead atoms. The van der Waals surface area contributed by atoms with Crippen molar-refractivity contribution in [2.24, 2.45) is 0 Å². The molecule has 182 valence electrons. The molecule has 7 heteroatoms. The number of nitrogens with one attached hydrogen (secondary N) is 1. The largest absolute Gasteiger partial charge is 0.478 e. The highest BCUT2D eigenvalue weighted by Crippen LogP contribution is 2.45. The van der Waals surface area contributed by atoms with Crippen LogP contribution in [0.2, 0.25) is 0 Å². The first-order chi connectivity index (χ1) is 17.0. The van der Waals surface area contributed by atoms with E-state index in [0.717, 1.165) is 48.2 Å². The van der Waals surface area contributed by atoms with Gasteiger partial charge in [-0.05, 0) is 81.2 Å². The van der Waals surface area contributed by atoms with Crippen molar-refractivity contribution in [3.63, 3.8) is 0 Å². The number of aromatic amines is 1. The molecule has 35 heavy (non-hydrogen) atoms. The van der Waals surface area contributed by atoms with Gasteiger partial charge in [0.2, 0.25) is 0 Å². The average molecular weight is 476 g/mol. The molecule has 2 saturated heterocycles. The van der Waals surface area contributed by atoms with E-state index < -0.39 is 5.97 Å². The molecular weight excluding hydrogens is 445 g/mol. The van der Waals surface area contributed by atoms with Crippen LogP contribution in [-0.2, 0) is 11.3 Å². The Hall–Kier alpha value is -3.19. The summed E-state index contributed by atoms with van der Waals surface area (Å²) in [5.74, 6) is 0.253. The predicted molar refractivity (Wildman–Crippen MR) is 131 cm³/mol. The number of rotatable bonds is 7. The van der Waals surface area contributed by atoms with E-state index in [9.17, 15) is 14.3 Å². The summed E-state index contributed by atoms with van der Waals surface area (Å²) in [7, 11) is 0. The quantitative estimate of drug-likeness (QED) is 0.450. The van der Waals surface area contributed by atoms with Gasteiger partial charge in [0.25, 0.3) is 0 Å². The maximum atomic E-state index is 13.9. The summed E-state index contributed by atoms with van der Waals surface area (Å²) < 4.78 is 20.5. The number of H-pyrrole nitrogens is 1. The van der Waals surface area contributed by atoms with Gasteiger partial charge in [-0.25, -0.2) is 14.2 Å². The van der Waals surface area contributed by atoms with E-state index >= 15 is 0 Å². The molecule has 0 amide bonds. The molecule has 3 fully saturated rings. The van der Waals surface area contributed by atoms with Gasteiger partial charge in [-0.3, -0.25) is 0 Å². The summed E-state index contributed by atoms with van der Waals surface area (Å²) >= 11 is 0. The second-order valence-electron chi connectivity index (χ2n) is 10.2. The lowest BCUT2D eigenvalue weighted by Gasteiger charge is -2.40. The molecule has 2 unspecified atom stereocenters. The van der Waals surface area contributed by atoms with Crippen LogP contribution in [-0.4, -0.2) is 39.2 Å². The third-order valence-electron chi connectivity index (χ3n) is 7.86. The molecule has 1 saturated carbocycles. The predicted octanol–water partition coefficient (Wildman–Crippen LogP) is 5.82. The van der Waals surface area contributed by atoms with Crippen LogP contribution in [0.15, 0.2) is 42.6 Å². The summed E-state index contributed by atoms with van der Waals surface area (Å²) in [6, 6.07) is 11.0. The molecule has 6 rings (SSSR count). The molecule has 0 spiro atoms. The number of carboxylic acids is 1. The lowest BCUT2D eigenvalue weighted by molar-refractivity contribution is 0.0149. The monoisotopic (exact) mass is 475 g/mol. The maximum Gasteiger partial charge on any atom is 0.337 e. The molecule has 2 aliphatic heterocycles. The van der Waals surface area contributed by atoms with Crippen molar-refractivity contribution in [3.05, 3.63) is 70.9 Å². The summed E-state index contributed by atoms with van der Waals surface area (Å²) in [5.41, 5.74) is 5.12. The number of carboxylic acid groups (broad SMARTS) is 1. The van der Waals surface area contributed by atoms with E-state index in [1.165, 1.54) is 24.6 Å². The SMILES string of the molecule is Cc1nc(N2C3CCC2CC(OCc2c(-c4cccc(F)c4)c[nH]c2C2CC2)C3)ccc1C(=O)O. The van der Waals surface area contributed by atoms with E-state index in [4.69, 9.17) is 4.74 Å². The third-order valence-corrected chi connectivity index (χ3v) is 7.86. The Morgan fingerprint density at radius 2 is 1.94 bits per heavy atom. The van der Waals surface area contributed by atoms with Gasteiger partial charge in [-0.2, -0.15) is 0 Å². The highest BCUT2D eigenvalue weighted by Gasteiger charge is 2.42. The van der Waals surface area contributed by atoms with Crippen LogP contribution in [0.3, 0.4) is 0 Å². The Morgan fingerprint density at radius 3 is 2.60 bits per heavy atom. The molecule has 3 aliphatic rings. The van der Waals surface area contributed by atoms with Gasteiger partial charge < -0.3 is 19.7 Å². The van der Waals surface area contributed by atoms with Crippen LogP contribution in [0.4, 0.5) is 10.2 Å². The summed E-state index contributed by atoms with van der Waals surface area (Å²) in [4.78, 5) is 21.8. The van der Waals surface area contributed by atoms with Gasteiger partial charge >= 0.3 is 5.97 Å². The third kappa shape index (κ3) is 4.22. The lowest BCUT2D eigenvalue weighted by atomic mass is 9.98. The molecule has 1 aromatic carbocycles. The molecular formula is C28H30FN3O3. The van der Waals surface area contributed by atoms with E-state index in [-0.39, 0.29) is 17.5 Å². The molecule has 4 heterocycles. The van der Waals surface area contributed by atoms with Crippen LogP contribution in [0.25, 0.3) is 11.1 Å². The fourth-order valence-corrected chi connectivity index (χ4v) is 6.03. The van der Waals surface area contributed by atoms with Gasteiger partial charge in [-0.1, -0.05) is 12.1 Å². The topological polar surface area (TPSA) is 78.5 Å². The minimum absolute atomic E-state index is 0.158. The van der Waals surface area contributed by atoms with Crippen molar-refractivity contribution in [1.82, 2.24) is 9.97 Å². The van der Waals surface area contributed by atoms with Crippen molar-refractivity contribution in [3.8, 4) is 11.1 Å². The minimum atomic E-state index is -0.940. The molecule has 2 atom stereocenters. The summed E-state index contributed by atoms with van der Waals surface area (Å²) in [5, 5.41) is 9.33. The van der Waals surface area contributed by atoms with Gasteiger partial charge in [-0.15, -0.1) is 0 Å². The second-order valence-corrected chi connectivity index (χ2v) is 10.2. The maximum absolute atomic E-state index is 13.9. The first kappa shape index (κ1) is 22.3. The minimum Gasteiger partial charge on any atom is -0.478 e. The zero-order chi connectivity index (χ0) is 24.1. The molecule has 2 N–H and O–H groups in total. The van der Waals surface area contributed by atoms with Crippen molar-refractivity contribution in [1.29, 1.82) is 0 Å². The van der Waals surface area contributed by atoms with Crippen molar-refractivity contribution >= 4 is 11.8 Å². The normalized spacial score (nSPS) is 23.6. The van der Waals surface area contributed by atoms with Crippen molar-refractivity contribution < 1.29 is 19.0 Å². The fraction of sp³-hybridized carbons (Fsp3) is 0.429. The zero-order valence-corrected chi connectivity index (χ0v) is 19.8. The van der Waals surface area contributed by atoms with Crippen LogP contribution >= 0.6 is 0 Å². The van der Waals surface area contributed by atoms with Gasteiger partial charge in [0.05, 0.1) is 24.0 Å². The van der Waals surface area contributed by atoms with Crippen molar-refractivity contribution in [2.75, 3.05) is 4.90 Å². The number of ether oxygens (including phenoxy) is 1. The molecule has 2 aromatic heterocycles. The Balaban J connectivity index is 1.18. The first-order valence-corrected chi connectivity index (χ1v) is 12.5.